The van der Waals surface area contributed by atoms with Crippen molar-refractivity contribution in [3.63, 3.8) is 0 Å². The lowest BCUT2D eigenvalue weighted by Gasteiger charge is -2.17. The Bertz CT molecular complexity index is 690. The van der Waals surface area contributed by atoms with Crippen LogP contribution in [0.3, 0.4) is 0 Å². The quantitative estimate of drug-likeness (QED) is 0.727. The molecule has 0 radical (unpaired) electrons. The summed E-state index contributed by atoms with van der Waals surface area (Å²) in [5.74, 6) is 2.67. The van der Waals surface area contributed by atoms with Crippen LogP contribution in [0.1, 0.15) is 17.2 Å². The molecule has 0 heterocycles. The summed E-state index contributed by atoms with van der Waals surface area (Å²) >= 11 is 0. The third-order valence-corrected chi connectivity index (χ3v) is 3.91. The highest BCUT2D eigenvalue weighted by molar-refractivity contribution is 5.43. The maximum atomic E-state index is 10.5. The zero-order chi connectivity index (χ0) is 18.2. The fourth-order valence-electron chi connectivity index (χ4n) is 2.55. The van der Waals surface area contributed by atoms with Crippen LogP contribution in [-0.2, 0) is 6.54 Å². The second kappa shape index (κ2) is 9.15. The monoisotopic (exact) mass is 347 g/mol. The Morgan fingerprint density at radius 1 is 0.840 bits per heavy atom. The van der Waals surface area contributed by atoms with Gasteiger partial charge in [-0.1, -0.05) is 6.07 Å². The fraction of sp³-hybridized carbons (Fsp3) is 0.368. The molecule has 0 unspecified atom stereocenters. The highest BCUT2D eigenvalue weighted by Gasteiger charge is 2.14. The second-order valence-electron chi connectivity index (χ2n) is 5.44. The average Bonchev–Trinajstić information content (AvgIpc) is 2.67. The van der Waals surface area contributed by atoms with Crippen LogP contribution >= 0.6 is 0 Å². The predicted octanol–water partition coefficient (Wildman–Crippen LogP) is 2.54. The van der Waals surface area contributed by atoms with Gasteiger partial charge in [0.15, 0.2) is 11.5 Å². The molecule has 0 aliphatic heterocycles. The van der Waals surface area contributed by atoms with Crippen molar-refractivity contribution in [2.24, 2.45) is 0 Å². The minimum Gasteiger partial charge on any atom is -0.497 e. The molecule has 0 fully saturated rings. The van der Waals surface area contributed by atoms with E-state index in [1.807, 2.05) is 18.2 Å². The van der Waals surface area contributed by atoms with Gasteiger partial charge in [0, 0.05) is 18.7 Å². The van der Waals surface area contributed by atoms with Crippen molar-refractivity contribution in [2.75, 3.05) is 35.0 Å². The first kappa shape index (κ1) is 18.9. The first-order valence-electron chi connectivity index (χ1n) is 7.94. The van der Waals surface area contributed by atoms with E-state index in [0.29, 0.717) is 41.7 Å². The Morgan fingerprint density at radius 2 is 1.52 bits per heavy atom. The molecule has 0 bridgehead atoms. The molecule has 2 aromatic carbocycles. The van der Waals surface area contributed by atoms with E-state index in [1.165, 1.54) is 0 Å². The highest BCUT2D eigenvalue weighted by Crippen LogP contribution is 2.30. The number of hydrogen-bond acceptors (Lipinski definition) is 6. The van der Waals surface area contributed by atoms with Crippen molar-refractivity contribution in [1.82, 2.24) is 5.32 Å². The summed E-state index contributed by atoms with van der Waals surface area (Å²) in [4.78, 5) is 0. The molecule has 0 aromatic heterocycles. The number of rotatable bonds is 9. The van der Waals surface area contributed by atoms with E-state index in [2.05, 4.69) is 5.32 Å². The van der Waals surface area contributed by atoms with Gasteiger partial charge in [0.2, 0.25) is 0 Å². The molecule has 0 amide bonds. The van der Waals surface area contributed by atoms with E-state index in [0.717, 1.165) is 5.56 Å². The lowest BCUT2D eigenvalue weighted by atomic mass is 10.1. The van der Waals surface area contributed by atoms with Gasteiger partial charge in [-0.05, 0) is 35.9 Å². The van der Waals surface area contributed by atoms with Crippen molar-refractivity contribution in [2.45, 2.75) is 12.6 Å². The van der Waals surface area contributed by atoms with Gasteiger partial charge in [-0.15, -0.1) is 0 Å². The van der Waals surface area contributed by atoms with Gasteiger partial charge in [-0.3, -0.25) is 0 Å². The number of aliphatic hydroxyl groups excluding tert-OH is 1. The van der Waals surface area contributed by atoms with Crippen molar-refractivity contribution in [3.05, 3.63) is 47.5 Å². The van der Waals surface area contributed by atoms with Gasteiger partial charge in [-0.2, -0.15) is 0 Å². The lowest BCUT2D eigenvalue weighted by Crippen LogP contribution is -2.21. The van der Waals surface area contributed by atoms with Crippen LogP contribution < -0.4 is 24.3 Å². The van der Waals surface area contributed by atoms with E-state index in [4.69, 9.17) is 18.9 Å². The van der Waals surface area contributed by atoms with Crippen LogP contribution in [0.2, 0.25) is 0 Å². The van der Waals surface area contributed by atoms with Crippen LogP contribution in [0.15, 0.2) is 36.4 Å². The van der Waals surface area contributed by atoms with E-state index in [1.54, 1.807) is 46.6 Å². The zero-order valence-corrected chi connectivity index (χ0v) is 15.0. The van der Waals surface area contributed by atoms with Crippen molar-refractivity contribution < 1.29 is 24.1 Å². The highest BCUT2D eigenvalue weighted by atomic mass is 16.5. The molecule has 6 nitrogen and oxygen atoms in total. The normalized spacial score (nSPS) is 11.7. The molecule has 2 N–H and O–H groups in total. The molecule has 0 aliphatic rings. The van der Waals surface area contributed by atoms with Crippen molar-refractivity contribution in [1.29, 1.82) is 0 Å². The van der Waals surface area contributed by atoms with Gasteiger partial charge in [0.1, 0.15) is 11.5 Å². The molecule has 1 atom stereocenters. The summed E-state index contributed by atoms with van der Waals surface area (Å²) in [6, 6.07) is 11.1. The minimum atomic E-state index is -0.717. The molecule has 0 aliphatic carbocycles. The number of hydrogen-bond donors (Lipinski definition) is 2. The topological polar surface area (TPSA) is 69.2 Å². The van der Waals surface area contributed by atoms with Gasteiger partial charge in [0.05, 0.1) is 34.5 Å². The Balaban J connectivity index is 2.00. The summed E-state index contributed by atoms with van der Waals surface area (Å²) in [7, 11) is 6.38. The molecule has 2 aromatic rings. The molecule has 2 rings (SSSR count). The van der Waals surface area contributed by atoms with E-state index < -0.39 is 6.10 Å². The SMILES string of the molecule is COc1ccc(OC)c([C@H](O)CNCc2ccc(OC)c(OC)c2)c1. The molecule has 0 saturated carbocycles. The Morgan fingerprint density at radius 3 is 2.16 bits per heavy atom. The van der Waals surface area contributed by atoms with Crippen LogP contribution in [-0.4, -0.2) is 40.1 Å². The zero-order valence-electron chi connectivity index (χ0n) is 15.0. The summed E-state index contributed by atoms with van der Waals surface area (Å²) < 4.78 is 21.1. The van der Waals surface area contributed by atoms with E-state index in [9.17, 15) is 5.11 Å². The number of benzene rings is 2. The van der Waals surface area contributed by atoms with Crippen molar-refractivity contribution in [3.8, 4) is 23.0 Å². The second-order valence-corrected chi connectivity index (χ2v) is 5.44. The van der Waals surface area contributed by atoms with Crippen molar-refractivity contribution >= 4 is 0 Å². The summed E-state index contributed by atoms with van der Waals surface area (Å²) in [6.45, 7) is 0.960. The molecule has 6 heteroatoms. The standard InChI is InChI=1S/C19H25NO5/c1-22-14-6-8-17(23-2)15(10-14)16(21)12-20-11-13-5-7-18(24-3)19(9-13)25-4/h5-10,16,20-21H,11-12H2,1-4H3/t16-/m1/s1. The van der Waals surface area contributed by atoms with Crippen LogP contribution in [0.5, 0.6) is 23.0 Å². The third-order valence-electron chi connectivity index (χ3n) is 3.91. The largest absolute Gasteiger partial charge is 0.497 e. The first-order chi connectivity index (χ1) is 12.1. The van der Waals surface area contributed by atoms with E-state index >= 15 is 0 Å². The number of nitrogens with one attached hydrogen (secondary N) is 1. The van der Waals surface area contributed by atoms with Gasteiger partial charge >= 0.3 is 0 Å². The van der Waals surface area contributed by atoms with Gasteiger partial charge in [0.25, 0.3) is 0 Å². The van der Waals surface area contributed by atoms with Gasteiger partial charge < -0.3 is 29.4 Å². The Labute approximate surface area is 148 Å². The molecule has 0 saturated heterocycles. The molecule has 136 valence electrons. The van der Waals surface area contributed by atoms with Crippen LogP contribution in [0, 0.1) is 0 Å². The third kappa shape index (κ3) is 4.78. The van der Waals surface area contributed by atoms with Gasteiger partial charge in [-0.25, -0.2) is 0 Å². The minimum absolute atomic E-state index is 0.373. The fourth-order valence-corrected chi connectivity index (χ4v) is 2.55. The number of aliphatic hydroxyl groups is 1. The summed E-state index contributed by atoms with van der Waals surface area (Å²) in [5.41, 5.74) is 1.71. The summed E-state index contributed by atoms with van der Waals surface area (Å²) in [6.07, 6.45) is -0.717. The Kier molecular flexibility index (Phi) is 6.91. The number of methoxy groups -OCH3 is 4. The average molecular weight is 347 g/mol. The Hall–Kier alpha value is -2.44. The first-order valence-corrected chi connectivity index (χ1v) is 7.94. The van der Waals surface area contributed by atoms with Crippen LogP contribution in [0.4, 0.5) is 0 Å². The summed E-state index contributed by atoms with van der Waals surface area (Å²) in [5, 5.41) is 13.7. The van der Waals surface area contributed by atoms with Crippen LogP contribution in [0.25, 0.3) is 0 Å². The molecule has 0 spiro atoms. The molecular weight excluding hydrogens is 322 g/mol. The molecule has 25 heavy (non-hydrogen) atoms. The maximum Gasteiger partial charge on any atom is 0.161 e. The lowest BCUT2D eigenvalue weighted by molar-refractivity contribution is 0.169. The molecular formula is C19H25NO5. The predicted molar refractivity (Wildman–Crippen MR) is 95.8 cm³/mol. The van der Waals surface area contributed by atoms with E-state index in [-0.39, 0.29) is 0 Å². The number of ether oxygens (including phenoxy) is 4. The smallest absolute Gasteiger partial charge is 0.161 e. The maximum absolute atomic E-state index is 10.5.